The SMILES string of the molecule is Cc1ccc(C2C(C(=O)c3ccc(OCc4ccccc4)c(C)c3)C(=O)C(=O)N2CCN(C)C)cc1. The third kappa shape index (κ3) is 5.39. The van der Waals surface area contributed by atoms with Gasteiger partial charge in [0.2, 0.25) is 5.78 Å². The van der Waals surface area contributed by atoms with Crippen LogP contribution in [0.15, 0.2) is 72.8 Å². The summed E-state index contributed by atoms with van der Waals surface area (Å²) in [5, 5.41) is 0. The first-order chi connectivity index (χ1) is 17.3. The van der Waals surface area contributed by atoms with Crippen LogP contribution in [0.4, 0.5) is 0 Å². The lowest BCUT2D eigenvalue weighted by Gasteiger charge is -2.28. The number of carbonyl (C=O) groups is 3. The van der Waals surface area contributed by atoms with E-state index in [0.29, 0.717) is 31.0 Å². The van der Waals surface area contributed by atoms with E-state index >= 15 is 0 Å². The first-order valence-electron chi connectivity index (χ1n) is 12.1. The van der Waals surface area contributed by atoms with Crippen molar-refractivity contribution < 1.29 is 19.1 Å². The molecule has 0 bridgehead atoms. The molecule has 1 amide bonds. The van der Waals surface area contributed by atoms with Gasteiger partial charge in [0.1, 0.15) is 18.3 Å². The molecule has 0 spiro atoms. The van der Waals surface area contributed by atoms with Crippen LogP contribution in [0.25, 0.3) is 0 Å². The van der Waals surface area contributed by atoms with E-state index in [1.165, 1.54) is 0 Å². The van der Waals surface area contributed by atoms with Crippen LogP contribution in [0.1, 0.15) is 38.7 Å². The molecule has 3 aromatic carbocycles. The number of likely N-dealkylation sites (N-methyl/N-ethyl adjacent to an activating group) is 1. The number of carbonyl (C=O) groups excluding carboxylic acids is 3. The Morgan fingerprint density at radius 1 is 0.944 bits per heavy atom. The fraction of sp³-hybridized carbons (Fsp3) is 0.300. The van der Waals surface area contributed by atoms with Crippen LogP contribution in [-0.4, -0.2) is 54.5 Å². The van der Waals surface area contributed by atoms with Crippen LogP contribution < -0.4 is 4.74 Å². The summed E-state index contributed by atoms with van der Waals surface area (Å²) in [6, 6.07) is 22.1. The second kappa shape index (κ2) is 10.9. The summed E-state index contributed by atoms with van der Waals surface area (Å²) in [5.41, 5.74) is 4.10. The van der Waals surface area contributed by atoms with Crippen LogP contribution >= 0.6 is 0 Å². The van der Waals surface area contributed by atoms with Gasteiger partial charge in [-0.2, -0.15) is 0 Å². The zero-order valence-electron chi connectivity index (χ0n) is 21.2. The summed E-state index contributed by atoms with van der Waals surface area (Å²) in [6.45, 7) is 5.23. The molecule has 2 unspecified atom stereocenters. The molecule has 1 heterocycles. The van der Waals surface area contributed by atoms with Gasteiger partial charge < -0.3 is 14.5 Å². The van der Waals surface area contributed by atoms with Gasteiger partial charge in [0, 0.05) is 18.7 Å². The number of amides is 1. The smallest absolute Gasteiger partial charge is 0.291 e. The molecule has 1 saturated heterocycles. The standard InChI is InChI=1S/C30H32N2O4/c1-20-10-12-23(13-11-20)27-26(29(34)30(35)32(27)17-16-31(3)4)28(33)24-14-15-25(21(2)18-24)36-19-22-8-6-5-7-9-22/h5-15,18,26-27H,16-17,19H2,1-4H3. The molecule has 0 saturated carbocycles. The Balaban J connectivity index is 1.61. The maximum Gasteiger partial charge on any atom is 0.291 e. The van der Waals surface area contributed by atoms with Gasteiger partial charge in [-0.25, -0.2) is 0 Å². The lowest BCUT2D eigenvalue weighted by molar-refractivity contribution is -0.140. The Hall–Kier alpha value is -3.77. The minimum atomic E-state index is -1.09. The Morgan fingerprint density at radius 3 is 2.28 bits per heavy atom. The van der Waals surface area contributed by atoms with Gasteiger partial charge in [0.25, 0.3) is 5.91 Å². The van der Waals surface area contributed by atoms with Crippen LogP contribution in [-0.2, 0) is 16.2 Å². The molecular formula is C30H32N2O4. The summed E-state index contributed by atoms with van der Waals surface area (Å²) in [5.74, 6) is -2.00. The van der Waals surface area contributed by atoms with E-state index in [-0.39, 0.29) is 5.78 Å². The zero-order valence-corrected chi connectivity index (χ0v) is 21.2. The molecular weight excluding hydrogens is 452 g/mol. The molecule has 0 aromatic heterocycles. The fourth-order valence-corrected chi connectivity index (χ4v) is 4.55. The van der Waals surface area contributed by atoms with E-state index < -0.39 is 23.7 Å². The van der Waals surface area contributed by atoms with E-state index in [1.54, 1.807) is 23.1 Å². The molecule has 2 atom stereocenters. The third-order valence-corrected chi connectivity index (χ3v) is 6.59. The van der Waals surface area contributed by atoms with Crippen molar-refractivity contribution in [1.29, 1.82) is 0 Å². The van der Waals surface area contributed by atoms with Crippen LogP contribution in [0.2, 0.25) is 0 Å². The van der Waals surface area contributed by atoms with Crippen molar-refractivity contribution >= 4 is 17.5 Å². The topological polar surface area (TPSA) is 66.9 Å². The number of rotatable bonds is 9. The summed E-state index contributed by atoms with van der Waals surface area (Å²) in [7, 11) is 3.83. The van der Waals surface area contributed by atoms with Gasteiger partial charge in [0.15, 0.2) is 5.78 Å². The Morgan fingerprint density at radius 2 is 1.64 bits per heavy atom. The predicted molar refractivity (Wildman–Crippen MR) is 139 cm³/mol. The van der Waals surface area contributed by atoms with Gasteiger partial charge in [-0.05, 0) is 62.8 Å². The second-order valence-corrected chi connectivity index (χ2v) is 9.62. The average molecular weight is 485 g/mol. The number of likely N-dealkylation sites (tertiary alicyclic amines) is 1. The number of hydrogen-bond donors (Lipinski definition) is 0. The molecule has 4 rings (SSSR count). The van der Waals surface area contributed by atoms with Gasteiger partial charge in [0.05, 0.1) is 6.04 Å². The summed E-state index contributed by atoms with van der Waals surface area (Å²) in [4.78, 5) is 43.5. The third-order valence-electron chi connectivity index (χ3n) is 6.59. The lowest BCUT2D eigenvalue weighted by atomic mass is 9.85. The van der Waals surface area contributed by atoms with Crippen molar-refractivity contribution in [3.05, 3.63) is 101 Å². The number of benzene rings is 3. The molecule has 186 valence electrons. The molecule has 6 heteroatoms. The molecule has 36 heavy (non-hydrogen) atoms. The molecule has 1 aliphatic heterocycles. The molecule has 1 fully saturated rings. The predicted octanol–water partition coefficient (Wildman–Crippen LogP) is 4.40. The molecule has 6 nitrogen and oxygen atoms in total. The number of aryl methyl sites for hydroxylation is 2. The van der Waals surface area contributed by atoms with E-state index in [4.69, 9.17) is 4.74 Å². The van der Waals surface area contributed by atoms with Gasteiger partial charge in [-0.1, -0.05) is 60.2 Å². The van der Waals surface area contributed by atoms with Crippen LogP contribution in [0, 0.1) is 19.8 Å². The van der Waals surface area contributed by atoms with Crippen molar-refractivity contribution in [2.45, 2.75) is 26.5 Å². The van der Waals surface area contributed by atoms with Crippen molar-refractivity contribution in [1.82, 2.24) is 9.80 Å². The van der Waals surface area contributed by atoms with Gasteiger partial charge in [-0.3, -0.25) is 14.4 Å². The minimum Gasteiger partial charge on any atom is -0.489 e. The number of Topliss-reactive ketones (excluding diaryl/α,β-unsaturated/α-hetero) is 2. The highest BCUT2D eigenvalue weighted by Gasteiger charge is 2.51. The average Bonchev–Trinajstić information content (AvgIpc) is 3.12. The zero-order chi connectivity index (χ0) is 25.8. The second-order valence-electron chi connectivity index (χ2n) is 9.62. The number of ether oxygens (including phenoxy) is 1. The molecule has 0 radical (unpaired) electrons. The Bertz CT molecular complexity index is 1250. The first-order valence-corrected chi connectivity index (χ1v) is 12.1. The van der Waals surface area contributed by atoms with Crippen molar-refractivity contribution in [2.75, 3.05) is 27.2 Å². The normalized spacial score (nSPS) is 17.6. The van der Waals surface area contributed by atoms with Gasteiger partial charge in [-0.15, -0.1) is 0 Å². The quantitative estimate of drug-likeness (QED) is 0.256. The van der Waals surface area contributed by atoms with Crippen molar-refractivity contribution in [3.63, 3.8) is 0 Å². The molecule has 0 aliphatic carbocycles. The molecule has 0 N–H and O–H groups in total. The molecule has 1 aliphatic rings. The van der Waals surface area contributed by atoms with E-state index in [1.807, 2.05) is 87.4 Å². The highest BCUT2D eigenvalue weighted by molar-refractivity contribution is 6.44. The fourth-order valence-electron chi connectivity index (χ4n) is 4.55. The van der Waals surface area contributed by atoms with Crippen LogP contribution in [0.5, 0.6) is 5.75 Å². The van der Waals surface area contributed by atoms with E-state index in [2.05, 4.69) is 0 Å². The highest BCUT2D eigenvalue weighted by atomic mass is 16.5. The van der Waals surface area contributed by atoms with Gasteiger partial charge >= 0.3 is 0 Å². The first kappa shape index (κ1) is 25.3. The maximum atomic E-state index is 13.7. The Kier molecular flexibility index (Phi) is 7.65. The van der Waals surface area contributed by atoms with Crippen molar-refractivity contribution in [3.8, 4) is 5.75 Å². The Labute approximate surface area is 212 Å². The minimum absolute atomic E-state index is 0.344. The summed E-state index contributed by atoms with van der Waals surface area (Å²) < 4.78 is 5.95. The van der Waals surface area contributed by atoms with Crippen LogP contribution in [0.3, 0.4) is 0 Å². The number of hydrogen-bond acceptors (Lipinski definition) is 5. The van der Waals surface area contributed by atoms with E-state index in [9.17, 15) is 14.4 Å². The largest absolute Gasteiger partial charge is 0.489 e. The monoisotopic (exact) mass is 484 g/mol. The van der Waals surface area contributed by atoms with E-state index in [0.717, 1.165) is 22.3 Å². The maximum absolute atomic E-state index is 13.7. The summed E-state index contributed by atoms with van der Waals surface area (Å²) in [6.07, 6.45) is 0. The molecule has 3 aromatic rings. The highest BCUT2D eigenvalue weighted by Crippen LogP contribution is 2.38. The summed E-state index contributed by atoms with van der Waals surface area (Å²) >= 11 is 0. The number of nitrogens with zero attached hydrogens (tertiary/aromatic N) is 2. The number of ketones is 2. The lowest BCUT2D eigenvalue weighted by Crippen LogP contribution is -2.36. The van der Waals surface area contributed by atoms with Crippen molar-refractivity contribution in [2.24, 2.45) is 5.92 Å².